The Morgan fingerprint density at radius 2 is 2.35 bits per heavy atom. The Hall–Kier alpha value is -1.53. The molecule has 0 aromatic carbocycles. The largest absolute Gasteiger partial charge is 0.330 e. The molecule has 1 unspecified atom stereocenters. The van der Waals surface area contributed by atoms with Crippen LogP contribution in [0, 0.1) is 0 Å². The lowest BCUT2D eigenvalue weighted by molar-refractivity contribution is 0.0987. The molecular weight excluding hydrogens is 272 g/mol. The highest BCUT2D eigenvalue weighted by atomic mass is 32.1. The van der Waals surface area contributed by atoms with Gasteiger partial charge in [-0.05, 0) is 26.0 Å². The lowest BCUT2D eigenvalue weighted by Gasteiger charge is -2.07. The highest BCUT2D eigenvalue weighted by Gasteiger charge is 2.13. The Labute approximate surface area is 122 Å². The minimum absolute atomic E-state index is 0.0129. The number of rotatable bonds is 7. The maximum absolute atomic E-state index is 12.1. The van der Waals surface area contributed by atoms with Crippen LogP contribution >= 0.6 is 11.3 Å². The fraction of sp³-hybridized carbons (Fsp3) is 0.500. The number of hydrogen-bond acceptors (Lipinski definition) is 5. The zero-order valence-electron chi connectivity index (χ0n) is 11.9. The monoisotopic (exact) mass is 292 g/mol. The number of thiazole rings is 1. The van der Waals surface area contributed by atoms with Crippen LogP contribution in [0.25, 0.3) is 0 Å². The number of nitrogens with two attached hydrogens (primary N) is 1. The Morgan fingerprint density at radius 1 is 1.55 bits per heavy atom. The van der Waals surface area contributed by atoms with Crippen LogP contribution in [-0.4, -0.2) is 27.1 Å². The van der Waals surface area contributed by atoms with Gasteiger partial charge in [-0.3, -0.25) is 9.48 Å². The SMILES string of the molecule is CCC(C)n1ccc(CC(=O)c2csc(CCN)n2)n1. The van der Waals surface area contributed by atoms with Crippen molar-refractivity contribution in [3.05, 3.63) is 34.0 Å². The molecule has 5 nitrogen and oxygen atoms in total. The summed E-state index contributed by atoms with van der Waals surface area (Å²) in [5.41, 5.74) is 6.80. The van der Waals surface area contributed by atoms with Gasteiger partial charge < -0.3 is 5.73 Å². The molecule has 6 heteroatoms. The Morgan fingerprint density at radius 3 is 3.05 bits per heavy atom. The zero-order chi connectivity index (χ0) is 14.5. The molecule has 0 aliphatic heterocycles. The minimum Gasteiger partial charge on any atom is -0.330 e. The molecule has 2 N–H and O–H groups in total. The topological polar surface area (TPSA) is 73.8 Å². The van der Waals surface area contributed by atoms with Gasteiger partial charge in [0.2, 0.25) is 0 Å². The molecule has 0 bridgehead atoms. The second-order valence-electron chi connectivity index (χ2n) is 4.81. The van der Waals surface area contributed by atoms with E-state index in [4.69, 9.17) is 5.73 Å². The normalized spacial score (nSPS) is 12.6. The van der Waals surface area contributed by atoms with Crippen LogP contribution in [0.3, 0.4) is 0 Å². The highest BCUT2D eigenvalue weighted by Crippen LogP contribution is 2.14. The maximum atomic E-state index is 12.1. The van der Waals surface area contributed by atoms with Crippen LogP contribution in [0.2, 0.25) is 0 Å². The number of aromatic nitrogens is 3. The standard InChI is InChI=1S/C14H20N4OS/c1-3-10(2)18-7-5-11(17-18)8-13(19)12-9-20-14(16-12)4-6-15/h5,7,9-10H,3-4,6,8,15H2,1-2H3. The zero-order valence-corrected chi connectivity index (χ0v) is 12.7. The average molecular weight is 292 g/mol. The number of carbonyl (C=O) groups is 1. The van der Waals surface area contributed by atoms with E-state index in [-0.39, 0.29) is 5.78 Å². The van der Waals surface area contributed by atoms with Crippen molar-refractivity contribution in [3.63, 3.8) is 0 Å². The third-order valence-corrected chi connectivity index (χ3v) is 4.15. The first-order chi connectivity index (χ1) is 9.63. The van der Waals surface area contributed by atoms with E-state index in [9.17, 15) is 4.79 Å². The van der Waals surface area contributed by atoms with E-state index in [2.05, 4.69) is 23.9 Å². The average Bonchev–Trinajstić information content (AvgIpc) is 3.07. The van der Waals surface area contributed by atoms with Crippen LogP contribution in [-0.2, 0) is 12.8 Å². The van der Waals surface area contributed by atoms with Gasteiger partial charge in [0.25, 0.3) is 0 Å². The molecule has 0 amide bonds. The van der Waals surface area contributed by atoms with E-state index < -0.39 is 0 Å². The molecule has 0 spiro atoms. The van der Waals surface area contributed by atoms with Crippen molar-refractivity contribution in [2.75, 3.05) is 6.54 Å². The van der Waals surface area contributed by atoms with Crippen LogP contribution in [0.15, 0.2) is 17.6 Å². The maximum Gasteiger partial charge on any atom is 0.188 e. The summed E-state index contributed by atoms with van der Waals surface area (Å²) in [5.74, 6) is 0.0129. The molecule has 0 fully saturated rings. The molecule has 2 heterocycles. The van der Waals surface area contributed by atoms with E-state index in [1.807, 2.05) is 16.9 Å². The molecule has 1 atom stereocenters. The lowest BCUT2D eigenvalue weighted by atomic mass is 10.2. The highest BCUT2D eigenvalue weighted by molar-refractivity contribution is 7.09. The second-order valence-corrected chi connectivity index (χ2v) is 5.75. The Kier molecular flexibility index (Phi) is 5.03. The van der Waals surface area contributed by atoms with Gasteiger partial charge in [-0.15, -0.1) is 11.3 Å². The summed E-state index contributed by atoms with van der Waals surface area (Å²) in [7, 11) is 0. The van der Waals surface area contributed by atoms with Crippen LogP contribution < -0.4 is 5.73 Å². The quantitative estimate of drug-likeness (QED) is 0.794. The molecule has 0 radical (unpaired) electrons. The summed E-state index contributed by atoms with van der Waals surface area (Å²) in [5, 5.41) is 7.16. The van der Waals surface area contributed by atoms with Crippen LogP contribution in [0.5, 0.6) is 0 Å². The molecule has 0 aliphatic rings. The molecule has 2 rings (SSSR count). The number of hydrogen-bond donors (Lipinski definition) is 1. The van der Waals surface area contributed by atoms with Gasteiger partial charge in [-0.2, -0.15) is 5.10 Å². The van der Waals surface area contributed by atoms with Crippen molar-refractivity contribution in [1.29, 1.82) is 0 Å². The van der Waals surface area contributed by atoms with Crippen LogP contribution in [0.1, 0.15) is 47.5 Å². The molecule has 0 saturated heterocycles. The molecule has 0 aliphatic carbocycles. The first kappa shape index (κ1) is 14.9. The number of carbonyl (C=O) groups excluding carboxylic acids is 1. The van der Waals surface area contributed by atoms with Gasteiger partial charge in [0.1, 0.15) is 5.69 Å². The second kappa shape index (κ2) is 6.76. The van der Waals surface area contributed by atoms with Crippen molar-refractivity contribution in [3.8, 4) is 0 Å². The summed E-state index contributed by atoms with van der Waals surface area (Å²) in [4.78, 5) is 16.5. The van der Waals surface area contributed by atoms with E-state index in [0.717, 1.165) is 23.5 Å². The molecule has 0 saturated carbocycles. The first-order valence-corrected chi connectivity index (χ1v) is 7.73. The van der Waals surface area contributed by atoms with Crippen molar-refractivity contribution < 1.29 is 4.79 Å². The Balaban J connectivity index is 2.01. The fourth-order valence-electron chi connectivity index (χ4n) is 1.84. The van der Waals surface area contributed by atoms with E-state index >= 15 is 0 Å². The summed E-state index contributed by atoms with van der Waals surface area (Å²) >= 11 is 1.49. The smallest absolute Gasteiger partial charge is 0.188 e. The van der Waals surface area contributed by atoms with Gasteiger partial charge in [0, 0.05) is 24.0 Å². The molecule has 108 valence electrons. The first-order valence-electron chi connectivity index (χ1n) is 6.85. The van der Waals surface area contributed by atoms with Crippen molar-refractivity contribution in [2.24, 2.45) is 5.73 Å². The predicted molar refractivity (Wildman–Crippen MR) is 80.1 cm³/mol. The van der Waals surface area contributed by atoms with Crippen molar-refractivity contribution >= 4 is 17.1 Å². The van der Waals surface area contributed by atoms with Gasteiger partial charge in [-0.1, -0.05) is 6.92 Å². The van der Waals surface area contributed by atoms with Gasteiger partial charge >= 0.3 is 0 Å². The van der Waals surface area contributed by atoms with Crippen LogP contribution in [0.4, 0.5) is 0 Å². The van der Waals surface area contributed by atoms with Gasteiger partial charge in [0.05, 0.1) is 17.1 Å². The lowest BCUT2D eigenvalue weighted by Crippen LogP contribution is -2.08. The van der Waals surface area contributed by atoms with Crippen molar-refractivity contribution in [2.45, 2.75) is 39.2 Å². The number of ketones is 1. The molecule has 2 aromatic heterocycles. The number of nitrogens with zero attached hydrogens (tertiary/aromatic N) is 3. The molecule has 20 heavy (non-hydrogen) atoms. The summed E-state index contributed by atoms with van der Waals surface area (Å²) in [6.07, 6.45) is 3.97. The number of Topliss-reactive ketones (excluding diaryl/α,β-unsaturated/α-hetero) is 1. The van der Waals surface area contributed by atoms with Crippen molar-refractivity contribution in [1.82, 2.24) is 14.8 Å². The molecular formula is C14H20N4OS. The summed E-state index contributed by atoms with van der Waals surface area (Å²) in [6, 6.07) is 2.26. The third kappa shape index (κ3) is 3.52. The third-order valence-electron chi connectivity index (χ3n) is 3.24. The summed E-state index contributed by atoms with van der Waals surface area (Å²) in [6.45, 7) is 4.78. The fourth-order valence-corrected chi connectivity index (χ4v) is 2.66. The van der Waals surface area contributed by atoms with E-state index in [1.54, 1.807) is 5.38 Å². The van der Waals surface area contributed by atoms with Gasteiger partial charge in [-0.25, -0.2) is 4.98 Å². The predicted octanol–water partition coefficient (Wildman–Crippen LogP) is 2.24. The van der Waals surface area contributed by atoms with E-state index in [1.165, 1.54) is 11.3 Å². The summed E-state index contributed by atoms with van der Waals surface area (Å²) < 4.78 is 1.91. The van der Waals surface area contributed by atoms with Gasteiger partial charge in [0.15, 0.2) is 5.78 Å². The van der Waals surface area contributed by atoms with E-state index in [0.29, 0.717) is 24.7 Å². The molecule has 2 aromatic rings. The minimum atomic E-state index is 0.0129. The Bertz CT molecular complexity index is 575.